The van der Waals surface area contributed by atoms with Gasteiger partial charge in [0.2, 0.25) is 5.76 Å². The van der Waals surface area contributed by atoms with Gasteiger partial charge in [-0.2, -0.15) is 0 Å². The summed E-state index contributed by atoms with van der Waals surface area (Å²) in [5.74, 6) is -0.561. The van der Waals surface area contributed by atoms with E-state index in [0.717, 1.165) is 16.5 Å². The molecule has 0 aliphatic carbocycles. The number of aromatic amines is 1. The van der Waals surface area contributed by atoms with Crippen LogP contribution in [-0.2, 0) is 0 Å². The predicted molar refractivity (Wildman–Crippen MR) is 62.3 cm³/mol. The summed E-state index contributed by atoms with van der Waals surface area (Å²) >= 11 is 0. The van der Waals surface area contributed by atoms with Crippen LogP contribution in [0.2, 0.25) is 0 Å². The maximum Gasteiger partial charge on any atom is 0.287 e. The summed E-state index contributed by atoms with van der Waals surface area (Å²) < 4.78 is 4.86. The molecule has 0 aliphatic heterocycles. The molecule has 1 amide bonds. The molecule has 3 rings (SSSR count). The molecule has 0 unspecified atom stereocenters. The Labute approximate surface area is 96.2 Å². The van der Waals surface area contributed by atoms with Gasteiger partial charge in [0.25, 0.3) is 5.91 Å². The van der Waals surface area contributed by atoms with E-state index in [1.807, 2.05) is 30.5 Å². The second-order valence-corrected chi connectivity index (χ2v) is 3.69. The molecular weight excluding hydrogens is 218 g/mol. The molecule has 0 spiro atoms. The van der Waals surface area contributed by atoms with Crippen LogP contribution < -0.4 is 5.73 Å². The first kappa shape index (κ1) is 9.65. The maximum atomic E-state index is 10.9. The van der Waals surface area contributed by atoms with E-state index in [0.29, 0.717) is 5.69 Å². The minimum Gasteiger partial charge on any atom is -0.363 e. The molecule has 0 saturated carbocycles. The monoisotopic (exact) mass is 227 g/mol. The van der Waals surface area contributed by atoms with Crippen LogP contribution in [0.25, 0.3) is 22.2 Å². The maximum absolute atomic E-state index is 10.9. The van der Waals surface area contributed by atoms with E-state index in [9.17, 15) is 4.79 Å². The number of carbonyl (C=O) groups is 1. The number of rotatable bonds is 2. The predicted octanol–water partition coefficient (Wildman–Crippen LogP) is 1.92. The third-order valence-electron chi connectivity index (χ3n) is 2.62. The van der Waals surface area contributed by atoms with Crippen molar-refractivity contribution in [3.05, 3.63) is 42.3 Å². The Bertz CT molecular complexity index is 696. The molecule has 0 atom stereocenters. The summed E-state index contributed by atoms with van der Waals surface area (Å²) in [6, 6.07) is 9.36. The van der Waals surface area contributed by atoms with Gasteiger partial charge in [0, 0.05) is 28.7 Å². The van der Waals surface area contributed by atoms with Gasteiger partial charge in [-0.25, -0.2) is 0 Å². The number of amides is 1. The third kappa shape index (κ3) is 1.48. The zero-order valence-corrected chi connectivity index (χ0v) is 8.81. The van der Waals surface area contributed by atoms with Crippen molar-refractivity contribution in [2.45, 2.75) is 0 Å². The molecule has 0 radical (unpaired) electrons. The van der Waals surface area contributed by atoms with Crippen LogP contribution in [0.4, 0.5) is 0 Å². The molecule has 5 heteroatoms. The highest BCUT2D eigenvalue weighted by Gasteiger charge is 2.13. The Morgan fingerprint density at radius 2 is 2.18 bits per heavy atom. The highest BCUT2D eigenvalue weighted by molar-refractivity contribution is 5.96. The first-order valence-electron chi connectivity index (χ1n) is 5.09. The van der Waals surface area contributed by atoms with Crippen molar-refractivity contribution in [1.29, 1.82) is 0 Å². The van der Waals surface area contributed by atoms with Gasteiger partial charge >= 0.3 is 0 Å². The highest BCUT2D eigenvalue weighted by Crippen LogP contribution is 2.27. The number of nitrogens with zero attached hydrogens (tertiary/aromatic N) is 1. The zero-order valence-electron chi connectivity index (χ0n) is 8.81. The Hall–Kier alpha value is -2.56. The molecule has 5 nitrogen and oxygen atoms in total. The average Bonchev–Trinajstić information content (AvgIpc) is 2.95. The standard InChI is InChI=1S/C12H9N3O2/c13-12(16)11-5-10(15-17-11)8-6-14-9-4-2-1-3-7(8)9/h1-6,14H,(H2,13,16). The lowest BCUT2D eigenvalue weighted by atomic mass is 10.1. The Kier molecular flexibility index (Phi) is 1.98. The van der Waals surface area contributed by atoms with Gasteiger partial charge < -0.3 is 15.2 Å². The largest absolute Gasteiger partial charge is 0.363 e. The van der Waals surface area contributed by atoms with Crippen LogP contribution in [0.3, 0.4) is 0 Å². The molecule has 2 heterocycles. The van der Waals surface area contributed by atoms with E-state index in [1.54, 1.807) is 0 Å². The van der Waals surface area contributed by atoms with E-state index in [2.05, 4.69) is 10.1 Å². The van der Waals surface area contributed by atoms with E-state index in [1.165, 1.54) is 6.07 Å². The topological polar surface area (TPSA) is 84.9 Å². The van der Waals surface area contributed by atoms with E-state index < -0.39 is 5.91 Å². The number of H-pyrrole nitrogens is 1. The van der Waals surface area contributed by atoms with Crippen molar-refractivity contribution in [2.24, 2.45) is 5.73 Å². The van der Waals surface area contributed by atoms with Crippen molar-refractivity contribution in [2.75, 3.05) is 0 Å². The number of hydrogen-bond donors (Lipinski definition) is 2. The third-order valence-corrected chi connectivity index (χ3v) is 2.62. The number of para-hydroxylation sites is 1. The van der Waals surface area contributed by atoms with Crippen molar-refractivity contribution in [3.63, 3.8) is 0 Å². The van der Waals surface area contributed by atoms with Crippen LogP contribution in [0.15, 0.2) is 41.1 Å². The van der Waals surface area contributed by atoms with Crippen molar-refractivity contribution in [1.82, 2.24) is 10.1 Å². The summed E-state index contributed by atoms with van der Waals surface area (Å²) in [6.07, 6.45) is 1.83. The molecule has 2 aromatic heterocycles. The molecule has 0 fully saturated rings. The van der Waals surface area contributed by atoms with Crippen molar-refractivity contribution >= 4 is 16.8 Å². The zero-order chi connectivity index (χ0) is 11.8. The molecule has 84 valence electrons. The molecule has 0 aliphatic rings. The van der Waals surface area contributed by atoms with Gasteiger partial charge in [-0.15, -0.1) is 0 Å². The van der Waals surface area contributed by atoms with Crippen LogP contribution in [0.1, 0.15) is 10.6 Å². The Balaban J connectivity index is 2.17. The van der Waals surface area contributed by atoms with Crippen molar-refractivity contribution < 1.29 is 9.32 Å². The lowest BCUT2D eigenvalue weighted by Crippen LogP contribution is -2.09. The summed E-state index contributed by atoms with van der Waals surface area (Å²) in [5.41, 5.74) is 7.60. The van der Waals surface area contributed by atoms with Crippen LogP contribution in [0.5, 0.6) is 0 Å². The molecule has 1 aromatic carbocycles. The van der Waals surface area contributed by atoms with Gasteiger partial charge in [0.05, 0.1) is 0 Å². The highest BCUT2D eigenvalue weighted by atomic mass is 16.5. The van der Waals surface area contributed by atoms with Gasteiger partial charge in [-0.05, 0) is 6.07 Å². The Morgan fingerprint density at radius 3 is 2.94 bits per heavy atom. The van der Waals surface area contributed by atoms with E-state index in [4.69, 9.17) is 10.3 Å². The van der Waals surface area contributed by atoms with Gasteiger partial charge in [-0.3, -0.25) is 4.79 Å². The number of nitrogens with two attached hydrogens (primary N) is 1. The van der Waals surface area contributed by atoms with E-state index in [-0.39, 0.29) is 5.76 Å². The van der Waals surface area contributed by atoms with Gasteiger partial charge in [-0.1, -0.05) is 23.4 Å². The number of nitrogens with one attached hydrogen (secondary N) is 1. The van der Waals surface area contributed by atoms with Crippen LogP contribution in [0, 0.1) is 0 Å². The normalized spacial score (nSPS) is 10.8. The summed E-state index contributed by atoms with van der Waals surface area (Å²) in [5, 5.41) is 4.86. The number of benzene rings is 1. The van der Waals surface area contributed by atoms with Gasteiger partial charge in [0.1, 0.15) is 5.69 Å². The fourth-order valence-corrected chi connectivity index (χ4v) is 1.80. The second kappa shape index (κ2) is 3.48. The number of carbonyl (C=O) groups excluding carboxylic acids is 1. The smallest absolute Gasteiger partial charge is 0.287 e. The summed E-state index contributed by atoms with van der Waals surface area (Å²) in [6.45, 7) is 0. The minimum absolute atomic E-state index is 0.0604. The minimum atomic E-state index is -0.622. The number of hydrogen-bond acceptors (Lipinski definition) is 3. The van der Waals surface area contributed by atoms with Crippen LogP contribution >= 0.6 is 0 Å². The second-order valence-electron chi connectivity index (χ2n) is 3.69. The number of primary amides is 1. The molecular formula is C12H9N3O2. The molecule has 3 N–H and O–H groups in total. The lowest BCUT2D eigenvalue weighted by Gasteiger charge is -1.91. The van der Waals surface area contributed by atoms with Gasteiger partial charge in [0.15, 0.2) is 0 Å². The fourth-order valence-electron chi connectivity index (χ4n) is 1.80. The molecule has 17 heavy (non-hydrogen) atoms. The number of aromatic nitrogens is 2. The number of fused-ring (bicyclic) bond motifs is 1. The molecule has 0 bridgehead atoms. The molecule has 3 aromatic rings. The van der Waals surface area contributed by atoms with Crippen molar-refractivity contribution in [3.8, 4) is 11.3 Å². The van der Waals surface area contributed by atoms with E-state index >= 15 is 0 Å². The quantitative estimate of drug-likeness (QED) is 0.701. The van der Waals surface area contributed by atoms with Crippen LogP contribution in [-0.4, -0.2) is 16.0 Å². The SMILES string of the molecule is NC(=O)c1cc(-c2c[nH]c3ccccc23)no1. The Morgan fingerprint density at radius 1 is 1.35 bits per heavy atom. The summed E-state index contributed by atoms with van der Waals surface area (Å²) in [7, 11) is 0. The summed E-state index contributed by atoms with van der Waals surface area (Å²) in [4.78, 5) is 14.1. The first-order chi connectivity index (χ1) is 8.25. The average molecular weight is 227 g/mol. The first-order valence-corrected chi connectivity index (χ1v) is 5.09. The fraction of sp³-hybridized carbons (Fsp3) is 0. The molecule has 0 saturated heterocycles. The lowest BCUT2D eigenvalue weighted by molar-refractivity contribution is 0.0965.